The second-order valence-electron chi connectivity index (χ2n) is 10.1. The normalized spacial score (nSPS) is 11.4. The van der Waals surface area contributed by atoms with Crippen molar-refractivity contribution in [1.82, 2.24) is 0 Å². The van der Waals surface area contributed by atoms with Gasteiger partial charge in [-0.2, -0.15) is 0 Å². The molecule has 0 rings (SSSR count). The Morgan fingerprint density at radius 1 is 0.636 bits per heavy atom. The number of likely N-dealkylation sites (N-methyl/N-ethyl adjacent to an activating group) is 1. The molecule has 1 atom stereocenters. The van der Waals surface area contributed by atoms with E-state index >= 15 is 0 Å². The maximum atomic E-state index is 5.36. The van der Waals surface area contributed by atoms with E-state index in [9.17, 15) is 0 Å². The minimum Gasteiger partial charge on any atom is -1.00 e. The summed E-state index contributed by atoms with van der Waals surface area (Å²) in [6, 6.07) is 0. The number of hydrogen-bond acceptors (Lipinski definition) is 1. The van der Waals surface area contributed by atoms with Crippen LogP contribution in [0.4, 0.5) is 0 Å². The Bertz CT molecular complexity index is 342. The molecule has 0 aliphatic heterocycles. The molecule has 0 heterocycles. The second-order valence-corrected chi connectivity index (χ2v) is 10.1. The van der Waals surface area contributed by atoms with Gasteiger partial charge in [-0.25, -0.2) is 0 Å². The van der Waals surface area contributed by atoms with Crippen molar-refractivity contribution >= 4 is 0 Å². The third kappa shape index (κ3) is 43.1. The van der Waals surface area contributed by atoms with Gasteiger partial charge in [-0.05, 0) is 19.8 Å². The highest BCUT2D eigenvalue weighted by molar-refractivity contribution is 4.64. The smallest absolute Gasteiger partial charge is 0.104 e. The summed E-state index contributed by atoms with van der Waals surface area (Å²) in [5.74, 6) is 0. The lowest BCUT2D eigenvalue weighted by Crippen LogP contribution is -3.06. The van der Waals surface area contributed by atoms with E-state index in [-0.39, 0.29) is 34.0 Å². The molecule has 0 amide bonds. The maximum absolute atomic E-state index is 5.36. The summed E-state index contributed by atoms with van der Waals surface area (Å²) in [7, 11) is 8.75. The average molecular weight is 603 g/mol. The van der Waals surface area contributed by atoms with Crippen LogP contribution >= 0.6 is 0 Å². The van der Waals surface area contributed by atoms with Gasteiger partial charge in [0.05, 0.1) is 41.3 Å². The predicted molar refractivity (Wildman–Crippen MR) is 141 cm³/mol. The van der Waals surface area contributed by atoms with Gasteiger partial charge in [-0.3, -0.25) is 0 Å². The van der Waals surface area contributed by atoms with Crippen molar-refractivity contribution in [3.05, 3.63) is 12.7 Å². The van der Waals surface area contributed by atoms with Crippen molar-refractivity contribution < 1.29 is 48.5 Å². The minimum absolute atomic E-state index is 0. The van der Waals surface area contributed by atoms with Gasteiger partial charge in [0.1, 0.15) is 12.6 Å². The third-order valence-corrected chi connectivity index (χ3v) is 5.72. The molecule has 3 nitrogen and oxygen atoms in total. The molecule has 204 valence electrons. The first-order valence-corrected chi connectivity index (χ1v) is 13.7. The molecule has 0 fully saturated rings. The molecule has 0 saturated heterocycles. The number of hydrogen-bond donors (Lipinski definition) is 2. The van der Waals surface area contributed by atoms with E-state index in [1.807, 2.05) is 0 Å². The Hall–Kier alpha value is 0.580. The molecule has 0 aromatic heterocycles. The molecule has 5 heteroatoms. The molecule has 0 saturated carbocycles. The van der Waals surface area contributed by atoms with Gasteiger partial charge in [0.15, 0.2) is 0 Å². The summed E-state index contributed by atoms with van der Waals surface area (Å²) >= 11 is 0. The van der Waals surface area contributed by atoms with Crippen LogP contribution in [-0.2, 0) is 4.74 Å². The Morgan fingerprint density at radius 3 is 1.30 bits per heavy atom. The molecule has 2 N–H and O–H groups in total. The average Bonchev–Trinajstić information content (AvgIpc) is 2.71. The maximum Gasteiger partial charge on any atom is 0.104 e. The Balaban J connectivity index is -0.000000298. The summed E-state index contributed by atoms with van der Waals surface area (Å²) in [4.78, 5) is 3.01. The molecule has 0 bridgehead atoms. The number of nitrogens with one attached hydrogen (secondary N) is 2. The summed E-state index contributed by atoms with van der Waals surface area (Å²) < 4.78 is 5.36. The molecule has 0 aliphatic rings. The van der Waals surface area contributed by atoms with Crippen molar-refractivity contribution in [2.75, 3.05) is 47.9 Å². The molecular weight excluding hydrogens is 540 g/mol. The number of ether oxygens (including phenoxy) is 1. The lowest BCUT2D eigenvalue weighted by Gasteiger charge is -2.13. The van der Waals surface area contributed by atoms with E-state index < -0.39 is 0 Å². The molecule has 0 spiro atoms. The van der Waals surface area contributed by atoms with Crippen LogP contribution in [-0.4, -0.2) is 54.0 Å². The predicted octanol–water partition coefficient (Wildman–Crippen LogP) is -0.878. The van der Waals surface area contributed by atoms with Gasteiger partial charge in [0, 0.05) is 0 Å². The SMILES string of the molecule is C=CCOC(C)C[NH+](C)C.CCCCCCCCCCCCCCCCCC[NH+](C)C.[Br-].[Br-]. The first-order valence-electron chi connectivity index (χ1n) is 13.7. The van der Waals surface area contributed by atoms with Crippen molar-refractivity contribution in [2.45, 2.75) is 123 Å². The molecule has 0 radical (unpaired) electrons. The van der Waals surface area contributed by atoms with Gasteiger partial charge in [-0.1, -0.05) is 103 Å². The number of unbranched alkanes of at least 4 members (excludes halogenated alkanes) is 15. The number of quaternary nitrogens is 2. The molecule has 1 unspecified atom stereocenters. The summed E-state index contributed by atoms with van der Waals surface area (Å²) in [5.41, 5.74) is 0. The van der Waals surface area contributed by atoms with Crippen molar-refractivity contribution in [3.63, 3.8) is 0 Å². The summed E-state index contributed by atoms with van der Waals surface area (Å²) in [5, 5.41) is 0. The number of halogens is 2. The Morgan fingerprint density at radius 2 is 1.00 bits per heavy atom. The lowest BCUT2D eigenvalue weighted by atomic mass is 10.0. The fourth-order valence-corrected chi connectivity index (χ4v) is 3.89. The zero-order valence-corrected chi connectivity index (χ0v) is 26.6. The Labute approximate surface area is 231 Å². The van der Waals surface area contributed by atoms with Crippen LogP contribution in [0.2, 0.25) is 0 Å². The van der Waals surface area contributed by atoms with Crippen LogP contribution in [0.3, 0.4) is 0 Å². The third-order valence-electron chi connectivity index (χ3n) is 5.72. The topological polar surface area (TPSA) is 18.1 Å². The summed E-state index contributed by atoms with van der Waals surface area (Å²) in [6.07, 6.45) is 25.5. The van der Waals surface area contributed by atoms with Gasteiger partial charge >= 0.3 is 0 Å². The fourth-order valence-electron chi connectivity index (χ4n) is 3.89. The fraction of sp³-hybridized carbons (Fsp3) is 0.929. The van der Waals surface area contributed by atoms with Gasteiger partial charge in [0.2, 0.25) is 0 Å². The highest BCUT2D eigenvalue weighted by Gasteiger charge is 2.03. The molecule has 33 heavy (non-hydrogen) atoms. The van der Waals surface area contributed by atoms with Gasteiger partial charge in [-0.15, -0.1) is 6.58 Å². The second kappa shape index (κ2) is 34.7. The number of rotatable bonds is 22. The molecule has 0 aromatic rings. The van der Waals surface area contributed by atoms with Crippen LogP contribution in [0.25, 0.3) is 0 Å². The van der Waals surface area contributed by atoms with Crippen molar-refractivity contribution in [1.29, 1.82) is 0 Å². The minimum atomic E-state index is 0. The van der Waals surface area contributed by atoms with Crippen LogP contribution in [0.1, 0.15) is 117 Å². The van der Waals surface area contributed by atoms with Gasteiger partial charge < -0.3 is 48.5 Å². The first kappa shape index (κ1) is 40.7. The molecule has 0 aliphatic carbocycles. The Kier molecular flexibility index (Phi) is 42.9. The van der Waals surface area contributed by atoms with Crippen molar-refractivity contribution in [2.24, 2.45) is 0 Å². The molecular formula is C28H62Br2N2O. The van der Waals surface area contributed by atoms with E-state index in [4.69, 9.17) is 4.74 Å². The zero-order valence-electron chi connectivity index (χ0n) is 23.5. The van der Waals surface area contributed by atoms with E-state index in [1.54, 1.807) is 11.0 Å². The first-order chi connectivity index (χ1) is 14.9. The van der Waals surface area contributed by atoms with Gasteiger partial charge in [0.25, 0.3) is 0 Å². The van der Waals surface area contributed by atoms with Crippen LogP contribution < -0.4 is 43.8 Å². The van der Waals surface area contributed by atoms with Crippen LogP contribution in [0, 0.1) is 0 Å². The monoisotopic (exact) mass is 600 g/mol. The zero-order chi connectivity index (χ0) is 23.6. The van der Waals surface area contributed by atoms with E-state index in [2.05, 4.69) is 48.6 Å². The molecule has 0 aromatic carbocycles. The summed E-state index contributed by atoms with van der Waals surface area (Å²) in [6.45, 7) is 11.0. The standard InChI is InChI=1S/C20H43N.C8H17NO.2BrH/c1-4-5-6-7-8-9-10-11-12-13-14-15-16-17-18-19-20-21(2)3;1-5-6-10-8(2)7-9(3)4;;/h4-20H2,1-3H3;5,8H,1,6-7H2,2-4H3;2*1H. The van der Waals surface area contributed by atoms with Crippen LogP contribution in [0.15, 0.2) is 12.7 Å². The van der Waals surface area contributed by atoms with E-state index in [0.29, 0.717) is 12.7 Å². The highest BCUT2D eigenvalue weighted by Crippen LogP contribution is 2.13. The van der Waals surface area contributed by atoms with E-state index in [1.165, 1.54) is 114 Å². The quantitative estimate of drug-likeness (QED) is 0.122. The van der Waals surface area contributed by atoms with E-state index in [0.717, 1.165) is 6.54 Å². The largest absolute Gasteiger partial charge is 1.00 e. The highest BCUT2D eigenvalue weighted by atomic mass is 79.9. The van der Waals surface area contributed by atoms with Crippen LogP contribution in [0.5, 0.6) is 0 Å². The lowest BCUT2D eigenvalue weighted by molar-refractivity contribution is -0.861. The van der Waals surface area contributed by atoms with Crippen molar-refractivity contribution in [3.8, 4) is 0 Å².